The molecule has 0 aromatic heterocycles. The van der Waals surface area contributed by atoms with Crippen LogP contribution < -0.4 is 5.32 Å². The number of nitrogens with one attached hydrogen (secondary N) is 1. The van der Waals surface area contributed by atoms with Gasteiger partial charge in [0.15, 0.2) is 0 Å². The van der Waals surface area contributed by atoms with Gasteiger partial charge in [0.2, 0.25) is 0 Å². The minimum atomic E-state index is 0.587. The van der Waals surface area contributed by atoms with Crippen LogP contribution in [0.25, 0.3) is 0 Å². The minimum absolute atomic E-state index is 0.587. The summed E-state index contributed by atoms with van der Waals surface area (Å²) >= 11 is 0. The first kappa shape index (κ1) is 13.9. The number of nitrogens with zero attached hydrogens (tertiary/aromatic N) is 2. The first-order chi connectivity index (χ1) is 9.70. The topological polar surface area (TPSA) is 18.5 Å². The van der Waals surface area contributed by atoms with Crippen LogP contribution in [0.15, 0.2) is 24.3 Å². The Morgan fingerprint density at radius 2 is 1.95 bits per heavy atom. The lowest BCUT2D eigenvalue weighted by molar-refractivity contribution is 0.174. The van der Waals surface area contributed by atoms with E-state index in [9.17, 15) is 0 Å². The smallest absolute Gasteiger partial charge is 0.0429 e. The second-order valence-corrected chi connectivity index (χ2v) is 6.67. The van der Waals surface area contributed by atoms with Gasteiger partial charge in [-0.05, 0) is 64.0 Å². The van der Waals surface area contributed by atoms with Gasteiger partial charge in [-0.1, -0.05) is 18.2 Å². The molecule has 1 atom stereocenters. The van der Waals surface area contributed by atoms with Gasteiger partial charge in [-0.25, -0.2) is 0 Å². The Balaban J connectivity index is 1.45. The lowest BCUT2D eigenvalue weighted by atomic mass is 9.96. The first-order valence-corrected chi connectivity index (χ1v) is 7.92. The summed E-state index contributed by atoms with van der Waals surface area (Å²) in [5, 5.41) is 3.66. The Morgan fingerprint density at radius 1 is 1.20 bits per heavy atom. The molecule has 110 valence electrons. The van der Waals surface area contributed by atoms with Crippen molar-refractivity contribution < 1.29 is 0 Å². The Hall–Kier alpha value is -1.06. The lowest BCUT2D eigenvalue weighted by Gasteiger charge is -2.32. The molecule has 3 nitrogen and oxygen atoms in total. The Kier molecular flexibility index (Phi) is 4.27. The van der Waals surface area contributed by atoms with E-state index in [4.69, 9.17) is 0 Å². The van der Waals surface area contributed by atoms with Crippen LogP contribution in [0, 0.1) is 5.92 Å². The van der Waals surface area contributed by atoms with Crippen LogP contribution in [-0.4, -0.2) is 56.1 Å². The zero-order chi connectivity index (χ0) is 13.9. The maximum absolute atomic E-state index is 3.66. The van der Waals surface area contributed by atoms with Crippen LogP contribution in [0.2, 0.25) is 0 Å². The predicted molar refractivity (Wildman–Crippen MR) is 85.3 cm³/mol. The molecule has 0 bridgehead atoms. The van der Waals surface area contributed by atoms with Gasteiger partial charge in [-0.15, -0.1) is 0 Å². The van der Waals surface area contributed by atoms with Crippen molar-refractivity contribution in [2.24, 2.45) is 5.92 Å². The fourth-order valence-corrected chi connectivity index (χ4v) is 3.62. The molecule has 1 saturated heterocycles. The van der Waals surface area contributed by atoms with E-state index in [1.165, 1.54) is 50.1 Å². The van der Waals surface area contributed by atoms with Crippen LogP contribution in [-0.2, 0) is 6.42 Å². The Bertz CT molecular complexity index is 413. The molecular formula is C17H27N3. The van der Waals surface area contributed by atoms with Gasteiger partial charge in [-0.3, -0.25) is 0 Å². The van der Waals surface area contributed by atoms with Crippen LogP contribution in [0.3, 0.4) is 0 Å². The largest absolute Gasteiger partial charge is 0.380 e. The van der Waals surface area contributed by atoms with Crippen molar-refractivity contribution in [2.45, 2.75) is 25.3 Å². The average Bonchev–Trinajstić information content (AvgIpc) is 2.83. The van der Waals surface area contributed by atoms with Crippen molar-refractivity contribution in [1.82, 2.24) is 9.80 Å². The highest BCUT2D eigenvalue weighted by Crippen LogP contribution is 2.25. The van der Waals surface area contributed by atoms with Crippen molar-refractivity contribution in [2.75, 3.05) is 45.6 Å². The highest BCUT2D eigenvalue weighted by Gasteiger charge is 2.23. The summed E-state index contributed by atoms with van der Waals surface area (Å²) in [5.41, 5.74) is 2.82. The number of piperidine rings is 1. The molecule has 3 rings (SSSR count). The molecule has 3 heteroatoms. The molecule has 2 aliphatic heterocycles. The van der Waals surface area contributed by atoms with Crippen molar-refractivity contribution in [1.29, 1.82) is 0 Å². The summed E-state index contributed by atoms with van der Waals surface area (Å²) in [6.07, 6.45) is 3.90. The fraction of sp³-hybridized carbons (Fsp3) is 0.647. The number of para-hydroxylation sites is 1. The number of anilines is 1. The van der Waals surface area contributed by atoms with Crippen molar-refractivity contribution >= 4 is 5.69 Å². The monoisotopic (exact) mass is 273 g/mol. The molecule has 1 fully saturated rings. The molecule has 0 radical (unpaired) electrons. The molecule has 1 unspecified atom stereocenters. The number of hydrogen-bond acceptors (Lipinski definition) is 3. The second-order valence-electron chi connectivity index (χ2n) is 6.67. The quantitative estimate of drug-likeness (QED) is 0.908. The predicted octanol–water partition coefficient (Wildman–Crippen LogP) is 2.30. The number of rotatable bonds is 4. The Morgan fingerprint density at radius 3 is 2.70 bits per heavy atom. The molecule has 20 heavy (non-hydrogen) atoms. The van der Waals surface area contributed by atoms with E-state index < -0.39 is 0 Å². The molecule has 0 spiro atoms. The average molecular weight is 273 g/mol. The third-order valence-corrected chi connectivity index (χ3v) is 4.78. The number of likely N-dealkylation sites (tertiary alicyclic amines) is 1. The van der Waals surface area contributed by atoms with Gasteiger partial charge in [0.1, 0.15) is 0 Å². The molecule has 2 heterocycles. The molecule has 2 aliphatic rings. The van der Waals surface area contributed by atoms with E-state index in [0.717, 1.165) is 12.5 Å². The van der Waals surface area contributed by atoms with Crippen molar-refractivity contribution in [3.8, 4) is 0 Å². The van der Waals surface area contributed by atoms with E-state index in [-0.39, 0.29) is 0 Å². The summed E-state index contributed by atoms with van der Waals surface area (Å²) in [6, 6.07) is 9.30. The van der Waals surface area contributed by atoms with Gasteiger partial charge in [0.05, 0.1) is 0 Å². The third kappa shape index (κ3) is 3.33. The van der Waals surface area contributed by atoms with Crippen LogP contribution in [0.4, 0.5) is 5.69 Å². The lowest BCUT2D eigenvalue weighted by Crippen LogP contribution is -2.39. The van der Waals surface area contributed by atoms with E-state index in [1.807, 2.05) is 0 Å². The number of hydrogen-bond donors (Lipinski definition) is 1. The zero-order valence-corrected chi connectivity index (χ0v) is 12.8. The number of fused-ring (bicyclic) bond motifs is 1. The van der Waals surface area contributed by atoms with E-state index in [2.05, 4.69) is 53.5 Å². The van der Waals surface area contributed by atoms with Crippen LogP contribution in [0.5, 0.6) is 0 Å². The fourth-order valence-electron chi connectivity index (χ4n) is 3.62. The summed E-state index contributed by atoms with van der Waals surface area (Å²) in [5.74, 6) is 0.889. The van der Waals surface area contributed by atoms with Crippen molar-refractivity contribution in [3.63, 3.8) is 0 Å². The SMILES string of the molecule is CN1CCC(CN(C)CC2Cc3ccccc3N2)CC1. The van der Waals surface area contributed by atoms with Gasteiger partial charge in [-0.2, -0.15) is 0 Å². The summed E-state index contributed by atoms with van der Waals surface area (Å²) < 4.78 is 0. The van der Waals surface area contributed by atoms with Crippen molar-refractivity contribution in [3.05, 3.63) is 29.8 Å². The molecule has 1 aromatic carbocycles. The molecule has 0 saturated carbocycles. The standard InChI is InChI=1S/C17H27N3/c1-19-9-7-14(8-10-19)12-20(2)13-16-11-15-5-3-4-6-17(15)18-16/h3-6,14,16,18H,7-13H2,1-2H3. The normalized spacial score (nSPS) is 23.9. The molecule has 1 aromatic rings. The molecule has 1 N–H and O–H groups in total. The first-order valence-electron chi connectivity index (χ1n) is 7.92. The summed E-state index contributed by atoms with van der Waals surface area (Å²) in [4.78, 5) is 4.98. The minimum Gasteiger partial charge on any atom is -0.380 e. The van der Waals surface area contributed by atoms with Crippen LogP contribution >= 0.6 is 0 Å². The van der Waals surface area contributed by atoms with E-state index in [0.29, 0.717) is 6.04 Å². The van der Waals surface area contributed by atoms with Gasteiger partial charge < -0.3 is 15.1 Å². The molecule has 0 aliphatic carbocycles. The van der Waals surface area contributed by atoms with E-state index in [1.54, 1.807) is 0 Å². The van der Waals surface area contributed by atoms with Gasteiger partial charge in [0, 0.05) is 24.8 Å². The number of benzene rings is 1. The van der Waals surface area contributed by atoms with Crippen LogP contribution in [0.1, 0.15) is 18.4 Å². The molecular weight excluding hydrogens is 246 g/mol. The van der Waals surface area contributed by atoms with E-state index >= 15 is 0 Å². The van der Waals surface area contributed by atoms with Gasteiger partial charge in [0.25, 0.3) is 0 Å². The highest BCUT2D eigenvalue weighted by molar-refractivity contribution is 5.56. The summed E-state index contributed by atoms with van der Waals surface area (Å²) in [7, 11) is 4.52. The van der Waals surface area contributed by atoms with Gasteiger partial charge >= 0.3 is 0 Å². The second kappa shape index (κ2) is 6.15. The highest BCUT2D eigenvalue weighted by atomic mass is 15.1. The Labute approximate surface area is 123 Å². The molecule has 0 amide bonds. The maximum Gasteiger partial charge on any atom is 0.0429 e. The number of likely N-dealkylation sites (N-methyl/N-ethyl adjacent to an activating group) is 1. The third-order valence-electron chi connectivity index (χ3n) is 4.78. The zero-order valence-electron chi connectivity index (χ0n) is 12.8. The maximum atomic E-state index is 3.66. The summed E-state index contributed by atoms with van der Waals surface area (Å²) in [6.45, 7) is 4.95.